The van der Waals surface area contributed by atoms with Gasteiger partial charge in [-0.15, -0.1) is 0 Å². The van der Waals surface area contributed by atoms with Crippen LogP contribution < -0.4 is 15.5 Å². The van der Waals surface area contributed by atoms with Crippen molar-refractivity contribution in [2.75, 3.05) is 6.54 Å². The summed E-state index contributed by atoms with van der Waals surface area (Å²) >= 11 is 3.46. The van der Waals surface area contributed by atoms with Crippen molar-refractivity contribution >= 4 is 34.0 Å². The number of aryl methyl sites for hydroxylation is 1. The zero-order valence-electron chi connectivity index (χ0n) is 17.8. The molecule has 0 saturated carbocycles. The highest BCUT2D eigenvalue weighted by molar-refractivity contribution is 9.10. The molecule has 7 nitrogen and oxygen atoms in total. The Balaban J connectivity index is 1.48. The molecular formula is C25H21BrN4O3. The number of benzene rings is 3. The Morgan fingerprint density at radius 1 is 1.12 bits per heavy atom. The van der Waals surface area contributed by atoms with E-state index in [1.165, 1.54) is 6.21 Å². The van der Waals surface area contributed by atoms with Gasteiger partial charge >= 0.3 is 0 Å². The van der Waals surface area contributed by atoms with Crippen LogP contribution in [0.5, 0.6) is 5.75 Å². The molecule has 0 bridgehead atoms. The van der Waals surface area contributed by atoms with Gasteiger partial charge in [0, 0.05) is 11.1 Å². The van der Waals surface area contributed by atoms with Crippen molar-refractivity contribution in [2.24, 2.45) is 5.10 Å². The summed E-state index contributed by atoms with van der Waals surface area (Å²) in [5.41, 5.74) is 6.02. The lowest BCUT2D eigenvalue weighted by molar-refractivity contribution is -0.120. The number of hydrogen-bond donors (Lipinski definition) is 2. The molecule has 0 aromatic heterocycles. The van der Waals surface area contributed by atoms with Crippen LogP contribution in [-0.4, -0.2) is 24.6 Å². The first-order valence-corrected chi connectivity index (χ1v) is 10.8. The summed E-state index contributed by atoms with van der Waals surface area (Å²) < 4.78 is 6.51. The van der Waals surface area contributed by atoms with E-state index in [1.807, 2.05) is 37.3 Å². The molecule has 2 N–H and O–H groups in total. The Labute approximate surface area is 200 Å². The van der Waals surface area contributed by atoms with E-state index in [-0.39, 0.29) is 19.1 Å². The van der Waals surface area contributed by atoms with Crippen LogP contribution in [0.4, 0.5) is 0 Å². The van der Waals surface area contributed by atoms with Crippen molar-refractivity contribution in [1.82, 2.24) is 10.7 Å². The minimum atomic E-state index is -0.443. The molecule has 0 unspecified atom stereocenters. The third-order valence-corrected chi connectivity index (χ3v) is 5.22. The number of nitrogens with zero attached hydrogens (tertiary/aromatic N) is 2. The highest BCUT2D eigenvalue weighted by Crippen LogP contribution is 2.26. The second kappa shape index (κ2) is 11.6. The molecule has 33 heavy (non-hydrogen) atoms. The molecular weight excluding hydrogens is 484 g/mol. The smallest absolute Gasteiger partial charge is 0.259 e. The van der Waals surface area contributed by atoms with E-state index in [1.54, 1.807) is 36.4 Å². The van der Waals surface area contributed by atoms with E-state index in [9.17, 15) is 14.9 Å². The molecule has 3 aromatic carbocycles. The number of halogens is 1. The molecule has 0 heterocycles. The Morgan fingerprint density at radius 3 is 2.61 bits per heavy atom. The maximum Gasteiger partial charge on any atom is 0.259 e. The zero-order chi connectivity index (χ0) is 23.6. The van der Waals surface area contributed by atoms with E-state index in [0.717, 1.165) is 16.7 Å². The van der Waals surface area contributed by atoms with Crippen molar-refractivity contribution < 1.29 is 14.3 Å². The average Bonchev–Trinajstić information content (AvgIpc) is 2.82. The molecule has 3 rings (SSSR count). The van der Waals surface area contributed by atoms with Gasteiger partial charge in [0.25, 0.3) is 11.8 Å². The Hall–Kier alpha value is -3.96. The molecule has 0 saturated heterocycles. The molecule has 166 valence electrons. The van der Waals surface area contributed by atoms with Crippen molar-refractivity contribution in [3.8, 4) is 11.8 Å². The first-order chi connectivity index (χ1) is 16.0. The van der Waals surface area contributed by atoms with E-state index >= 15 is 0 Å². The van der Waals surface area contributed by atoms with Gasteiger partial charge < -0.3 is 10.1 Å². The van der Waals surface area contributed by atoms with Gasteiger partial charge in [0.1, 0.15) is 12.4 Å². The molecule has 0 aliphatic carbocycles. The van der Waals surface area contributed by atoms with E-state index in [0.29, 0.717) is 21.3 Å². The second-order valence-electron chi connectivity index (χ2n) is 7.09. The van der Waals surface area contributed by atoms with Gasteiger partial charge in [-0.25, -0.2) is 5.43 Å². The molecule has 0 aliphatic rings. The van der Waals surface area contributed by atoms with Gasteiger partial charge in [0.2, 0.25) is 0 Å². The maximum absolute atomic E-state index is 12.0. The number of hydrogen-bond acceptors (Lipinski definition) is 5. The molecule has 0 atom stereocenters. The molecule has 8 heteroatoms. The van der Waals surface area contributed by atoms with Crippen LogP contribution in [0.2, 0.25) is 0 Å². The number of ether oxygens (including phenoxy) is 1. The summed E-state index contributed by atoms with van der Waals surface area (Å²) in [5.74, 6) is -0.157. The summed E-state index contributed by atoms with van der Waals surface area (Å²) in [4.78, 5) is 24.0. The fraction of sp³-hybridized carbons (Fsp3) is 0.120. The van der Waals surface area contributed by atoms with Gasteiger partial charge in [0.15, 0.2) is 0 Å². The lowest BCUT2D eigenvalue weighted by Crippen LogP contribution is -2.34. The molecule has 2 amide bonds. The Kier molecular flexibility index (Phi) is 8.33. The van der Waals surface area contributed by atoms with Crippen LogP contribution in [0.25, 0.3) is 0 Å². The largest absolute Gasteiger partial charge is 0.488 e. The van der Waals surface area contributed by atoms with Gasteiger partial charge in [-0.05, 0) is 64.8 Å². The standard InChI is InChI=1S/C25H21BrN4O3/c1-17-6-9-19(10-7-17)25(32)28-15-24(31)30-29-14-18-8-11-23(22(26)12-18)33-16-21-5-3-2-4-20(21)13-27/h2-12,14H,15-16H2,1H3,(H,28,32)(H,30,31). The minimum Gasteiger partial charge on any atom is -0.488 e. The van der Waals surface area contributed by atoms with Crippen molar-refractivity contribution in [2.45, 2.75) is 13.5 Å². The fourth-order valence-corrected chi connectivity index (χ4v) is 3.32. The number of carbonyl (C=O) groups excluding carboxylic acids is 2. The molecule has 0 spiro atoms. The monoisotopic (exact) mass is 504 g/mol. The third kappa shape index (κ3) is 7.02. The van der Waals surface area contributed by atoms with E-state index < -0.39 is 5.91 Å². The Bertz CT molecular complexity index is 1220. The normalized spacial score (nSPS) is 10.5. The number of hydrazone groups is 1. The van der Waals surface area contributed by atoms with Crippen molar-refractivity contribution in [3.05, 3.63) is 99.0 Å². The van der Waals surface area contributed by atoms with Gasteiger partial charge in [-0.3, -0.25) is 9.59 Å². The second-order valence-corrected chi connectivity index (χ2v) is 7.94. The predicted molar refractivity (Wildman–Crippen MR) is 129 cm³/mol. The van der Waals surface area contributed by atoms with Crippen LogP contribution in [-0.2, 0) is 11.4 Å². The maximum atomic E-state index is 12.0. The van der Waals surface area contributed by atoms with Gasteiger partial charge in [-0.2, -0.15) is 10.4 Å². The van der Waals surface area contributed by atoms with E-state index in [2.05, 4.69) is 37.8 Å². The van der Waals surface area contributed by atoms with Crippen LogP contribution in [0.1, 0.15) is 32.6 Å². The molecule has 3 aromatic rings. The van der Waals surface area contributed by atoms with Gasteiger partial charge in [0.05, 0.1) is 28.9 Å². The molecule has 0 fully saturated rings. The summed E-state index contributed by atoms with van der Waals surface area (Å²) in [5, 5.41) is 15.6. The summed E-state index contributed by atoms with van der Waals surface area (Å²) in [6.07, 6.45) is 1.49. The fourth-order valence-electron chi connectivity index (χ4n) is 2.81. The van der Waals surface area contributed by atoms with E-state index in [4.69, 9.17) is 4.74 Å². The zero-order valence-corrected chi connectivity index (χ0v) is 19.4. The number of carbonyl (C=O) groups is 2. The van der Waals surface area contributed by atoms with Crippen molar-refractivity contribution in [1.29, 1.82) is 5.26 Å². The average molecular weight is 505 g/mol. The number of nitrogens with one attached hydrogen (secondary N) is 2. The first-order valence-electron chi connectivity index (χ1n) is 10.0. The molecule has 0 radical (unpaired) electrons. The van der Waals surface area contributed by atoms with Crippen LogP contribution in [0, 0.1) is 18.3 Å². The van der Waals surface area contributed by atoms with Crippen LogP contribution in [0.15, 0.2) is 76.3 Å². The number of amides is 2. The van der Waals surface area contributed by atoms with Crippen molar-refractivity contribution in [3.63, 3.8) is 0 Å². The van der Waals surface area contributed by atoms with Crippen LogP contribution in [0.3, 0.4) is 0 Å². The lowest BCUT2D eigenvalue weighted by Gasteiger charge is -2.10. The lowest BCUT2D eigenvalue weighted by atomic mass is 10.1. The number of nitriles is 1. The molecule has 0 aliphatic heterocycles. The van der Waals surface area contributed by atoms with Crippen LogP contribution >= 0.6 is 15.9 Å². The first kappa shape index (κ1) is 23.7. The summed E-state index contributed by atoms with van der Waals surface area (Å²) in [6.45, 7) is 2.01. The topological polar surface area (TPSA) is 104 Å². The van der Waals surface area contributed by atoms with Gasteiger partial charge in [-0.1, -0.05) is 35.9 Å². The summed E-state index contributed by atoms with van der Waals surface area (Å²) in [7, 11) is 0. The third-order valence-electron chi connectivity index (χ3n) is 4.60. The SMILES string of the molecule is Cc1ccc(C(=O)NCC(=O)NN=Cc2ccc(OCc3ccccc3C#N)c(Br)c2)cc1. The highest BCUT2D eigenvalue weighted by atomic mass is 79.9. The minimum absolute atomic E-state index is 0.190. The number of rotatable bonds is 8. The summed E-state index contributed by atoms with van der Waals surface area (Å²) in [6, 6.07) is 21.8. The highest BCUT2D eigenvalue weighted by Gasteiger charge is 2.08. The predicted octanol–water partition coefficient (Wildman–Crippen LogP) is 4.09. The quantitative estimate of drug-likeness (QED) is 0.356. The Morgan fingerprint density at radius 2 is 1.88 bits per heavy atom.